The van der Waals surface area contributed by atoms with Crippen LogP contribution < -0.4 is 5.32 Å². The Morgan fingerprint density at radius 2 is 2.24 bits per heavy atom. The molecular formula is C10H12N4OS2. The normalized spacial score (nSPS) is 10.8. The number of amides is 1. The smallest absolute Gasteiger partial charge is 0.269 e. The SMILES string of the molecule is Cc1nsc(NC(=O)c2scnc2C(C)C)n1. The molecule has 0 aliphatic heterocycles. The van der Waals surface area contributed by atoms with Gasteiger partial charge in [0.25, 0.3) is 5.91 Å². The van der Waals surface area contributed by atoms with Crippen LogP contribution in [0.4, 0.5) is 5.13 Å². The molecule has 0 radical (unpaired) electrons. The van der Waals surface area contributed by atoms with Crippen molar-refractivity contribution >= 4 is 33.9 Å². The monoisotopic (exact) mass is 268 g/mol. The van der Waals surface area contributed by atoms with E-state index in [4.69, 9.17) is 0 Å². The molecule has 0 atom stereocenters. The van der Waals surface area contributed by atoms with Crippen molar-refractivity contribution in [3.8, 4) is 0 Å². The summed E-state index contributed by atoms with van der Waals surface area (Å²) in [5, 5.41) is 3.26. The zero-order valence-corrected chi connectivity index (χ0v) is 11.4. The molecule has 7 heteroatoms. The van der Waals surface area contributed by atoms with Crippen molar-refractivity contribution in [2.24, 2.45) is 0 Å². The van der Waals surface area contributed by atoms with E-state index in [1.54, 1.807) is 12.4 Å². The number of anilines is 1. The van der Waals surface area contributed by atoms with Crippen molar-refractivity contribution in [1.29, 1.82) is 0 Å². The van der Waals surface area contributed by atoms with Gasteiger partial charge < -0.3 is 0 Å². The molecular weight excluding hydrogens is 256 g/mol. The molecule has 0 fully saturated rings. The van der Waals surface area contributed by atoms with Gasteiger partial charge in [0.15, 0.2) is 0 Å². The summed E-state index contributed by atoms with van der Waals surface area (Å²) in [6, 6.07) is 0. The van der Waals surface area contributed by atoms with E-state index in [1.165, 1.54) is 22.9 Å². The summed E-state index contributed by atoms with van der Waals surface area (Å²) in [4.78, 5) is 21.0. The predicted molar refractivity (Wildman–Crippen MR) is 68.8 cm³/mol. The molecule has 90 valence electrons. The number of nitrogens with one attached hydrogen (secondary N) is 1. The number of carbonyl (C=O) groups excluding carboxylic acids is 1. The molecule has 0 saturated carbocycles. The van der Waals surface area contributed by atoms with Crippen LogP contribution in [-0.4, -0.2) is 20.2 Å². The van der Waals surface area contributed by atoms with Crippen molar-refractivity contribution in [2.45, 2.75) is 26.7 Å². The molecule has 2 rings (SSSR count). The third-order valence-electron chi connectivity index (χ3n) is 2.10. The molecule has 0 bridgehead atoms. The van der Waals surface area contributed by atoms with Gasteiger partial charge in [-0.3, -0.25) is 10.1 Å². The zero-order chi connectivity index (χ0) is 12.4. The second-order valence-electron chi connectivity index (χ2n) is 3.82. The lowest BCUT2D eigenvalue weighted by Gasteiger charge is -2.04. The van der Waals surface area contributed by atoms with Crippen LogP contribution in [0.5, 0.6) is 0 Å². The number of rotatable bonds is 3. The quantitative estimate of drug-likeness (QED) is 0.929. The topological polar surface area (TPSA) is 67.8 Å². The van der Waals surface area contributed by atoms with E-state index < -0.39 is 0 Å². The molecule has 1 amide bonds. The minimum atomic E-state index is -0.160. The van der Waals surface area contributed by atoms with Gasteiger partial charge in [0.05, 0.1) is 11.2 Å². The second-order valence-corrected chi connectivity index (χ2v) is 5.43. The molecule has 0 saturated heterocycles. The first-order valence-electron chi connectivity index (χ1n) is 5.13. The number of carbonyl (C=O) groups is 1. The lowest BCUT2D eigenvalue weighted by Crippen LogP contribution is -2.12. The third kappa shape index (κ3) is 2.67. The van der Waals surface area contributed by atoms with Crippen molar-refractivity contribution in [1.82, 2.24) is 14.3 Å². The summed E-state index contributed by atoms with van der Waals surface area (Å²) < 4.78 is 4.01. The highest BCUT2D eigenvalue weighted by molar-refractivity contribution is 7.12. The minimum Gasteiger partial charge on any atom is -0.296 e. The van der Waals surface area contributed by atoms with Gasteiger partial charge in [-0.25, -0.2) is 9.97 Å². The maximum Gasteiger partial charge on any atom is 0.269 e. The first-order chi connectivity index (χ1) is 8.08. The van der Waals surface area contributed by atoms with E-state index in [9.17, 15) is 4.79 Å². The first kappa shape index (κ1) is 12.1. The van der Waals surface area contributed by atoms with Crippen LogP contribution in [0.25, 0.3) is 0 Å². The summed E-state index contributed by atoms with van der Waals surface area (Å²) in [7, 11) is 0. The number of aromatic nitrogens is 3. The number of thiazole rings is 1. The zero-order valence-electron chi connectivity index (χ0n) is 9.72. The van der Waals surface area contributed by atoms with E-state index in [2.05, 4.69) is 19.7 Å². The number of nitrogens with zero attached hydrogens (tertiary/aromatic N) is 3. The van der Waals surface area contributed by atoms with Crippen LogP contribution in [0.1, 0.15) is 41.0 Å². The van der Waals surface area contributed by atoms with Gasteiger partial charge in [0.2, 0.25) is 5.13 Å². The highest BCUT2D eigenvalue weighted by Gasteiger charge is 2.18. The summed E-state index contributed by atoms with van der Waals surface area (Å²) in [6.45, 7) is 5.82. The Balaban J connectivity index is 2.17. The third-order valence-corrected chi connectivity index (χ3v) is 3.66. The number of hydrogen-bond donors (Lipinski definition) is 1. The van der Waals surface area contributed by atoms with Gasteiger partial charge >= 0.3 is 0 Å². The Kier molecular flexibility index (Phi) is 3.49. The lowest BCUT2D eigenvalue weighted by atomic mass is 10.1. The Morgan fingerprint density at radius 3 is 2.82 bits per heavy atom. The van der Waals surface area contributed by atoms with Crippen molar-refractivity contribution < 1.29 is 4.79 Å². The van der Waals surface area contributed by atoms with E-state index in [0.717, 1.165) is 5.69 Å². The molecule has 2 heterocycles. The van der Waals surface area contributed by atoms with Crippen LogP contribution in [-0.2, 0) is 0 Å². The average molecular weight is 268 g/mol. The van der Waals surface area contributed by atoms with Gasteiger partial charge in [0.1, 0.15) is 10.7 Å². The molecule has 17 heavy (non-hydrogen) atoms. The van der Waals surface area contributed by atoms with Crippen LogP contribution in [0.3, 0.4) is 0 Å². The molecule has 0 spiro atoms. The van der Waals surface area contributed by atoms with Gasteiger partial charge in [-0.05, 0) is 12.8 Å². The second kappa shape index (κ2) is 4.89. The highest BCUT2D eigenvalue weighted by Crippen LogP contribution is 2.23. The Hall–Kier alpha value is -1.34. The highest BCUT2D eigenvalue weighted by atomic mass is 32.1. The Labute approximate surface area is 107 Å². The molecule has 0 aliphatic carbocycles. The summed E-state index contributed by atoms with van der Waals surface area (Å²) in [6.07, 6.45) is 0. The van der Waals surface area contributed by atoms with Gasteiger partial charge in [-0.2, -0.15) is 4.37 Å². The predicted octanol–water partition coefficient (Wildman–Crippen LogP) is 2.68. The maximum atomic E-state index is 12.0. The van der Waals surface area contributed by atoms with E-state index in [0.29, 0.717) is 15.8 Å². The number of aryl methyl sites for hydroxylation is 1. The Bertz CT molecular complexity index is 532. The fraction of sp³-hybridized carbons (Fsp3) is 0.400. The van der Waals surface area contributed by atoms with Gasteiger partial charge in [-0.15, -0.1) is 11.3 Å². The van der Waals surface area contributed by atoms with Crippen LogP contribution in [0.2, 0.25) is 0 Å². The molecule has 2 aromatic heterocycles. The Morgan fingerprint density at radius 1 is 1.47 bits per heavy atom. The van der Waals surface area contributed by atoms with Crippen molar-refractivity contribution in [3.63, 3.8) is 0 Å². The van der Waals surface area contributed by atoms with E-state index in [-0.39, 0.29) is 11.8 Å². The average Bonchev–Trinajstić information content (AvgIpc) is 2.86. The maximum absolute atomic E-state index is 12.0. The van der Waals surface area contributed by atoms with Crippen LogP contribution >= 0.6 is 22.9 Å². The summed E-state index contributed by atoms with van der Waals surface area (Å²) in [5.74, 6) is 0.740. The molecule has 5 nitrogen and oxygen atoms in total. The van der Waals surface area contributed by atoms with Crippen molar-refractivity contribution in [2.75, 3.05) is 5.32 Å². The molecule has 0 aliphatic rings. The van der Waals surface area contributed by atoms with E-state index >= 15 is 0 Å². The standard InChI is InChI=1S/C10H12N4OS2/c1-5(2)7-8(16-4-11-7)9(15)13-10-12-6(3)14-17-10/h4-5H,1-3H3,(H,12,13,14,15). The largest absolute Gasteiger partial charge is 0.296 e. The molecule has 1 N–H and O–H groups in total. The summed E-state index contributed by atoms with van der Waals surface area (Å²) in [5.41, 5.74) is 2.52. The number of hydrogen-bond acceptors (Lipinski definition) is 6. The van der Waals surface area contributed by atoms with Crippen LogP contribution in [0.15, 0.2) is 5.51 Å². The molecule has 0 aromatic carbocycles. The van der Waals surface area contributed by atoms with Gasteiger partial charge in [-0.1, -0.05) is 13.8 Å². The first-order valence-corrected chi connectivity index (χ1v) is 6.78. The van der Waals surface area contributed by atoms with Crippen LogP contribution in [0, 0.1) is 6.92 Å². The van der Waals surface area contributed by atoms with E-state index in [1.807, 2.05) is 13.8 Å². The van der Waals surface area contributed by atoms with Crippen molar-refractivity contribution in [3.05, 3.63) is 21.9 Å². The van der Waals surface area contributed by atoms with Gasteiger partial charge in [0, 0.05) is 11.5 Å². The lowest BCUT2D eigenvalue weighted by molar-refractivity contribution is 0.102. The summed E-state index contributed by atoms with van der Waals surface area (Å²) >= 11 is 2.53. The molecule has 0 unspecified atom stereocenters. The minimum absolute atomic E-state index is 0.160. The molecule has 2 aromatic rings. The fourth-order valence-corrected chi connectivity index (χ4v) is 2.75. The fourth-order valence-electron chi connectivity index (χ4n) is 1.34.